The average Bonchev–Trinajstić information content (AvgIpc) is 3.15. The van der Waals surface area contributed by atoms with Crippen molar-refractivity contribution in [2.45, 2.75) is 13.0 Å². The molecule has 0 saturated carbocycles. The highest BCUT2D eigenvalue weighted by molar-refractivity contribution is 6.33. The predicted molar refractivity (Wildman–Crippen MR) is 121 cm³/mol. The monoisotopic (exact) mass is 450 g/mol. The second kappa shape index (κ2) is 7.76. The van der Waals surface area contributed by atoms with Gasteiger partial charge in [0.2, 0.25) is 0 Å². The predicted octanol–water partition coefficient (Wildman–Crippen LogP) is 4.95. The SMILES string of the molecule is COc1ccc(-c2ccn(-c3ccc4c5c(oc4c3)CCN(C(=O)O)C5)c(=O)c2)c(Cl)c1. The van der Waals surface area contributed by atoms with Crippen LogP contribution in [0.2, 0.25) is 5.02 Å². The summed E-state index contributed by atoms with van der Waals surface area (Å²) < 4.78 is 12.7. The Balaban J connectivity index is 1.51. The van der Waals surface area contributed by atoms with Gasteiger partial charge in [0, 0.05) is 47.8 Å². The van der Waals surface area contributed by atoms with Crippen molar-refractivity contribution in [1.82, 2.24) is 9.47 Å². The van der Waals surface area contributed by atoms with Gasteiger partial charge >= 0.3 is 6.09 Å². The molecule has 0 spiro atoms. The van der Waals surface area contributed by atoms with Gasteiger partial charge in [0.25, 0.3) is 5.56 Å². The first-order valence-corrected chi connectivity index (χ1v) is 10.4. The van der Waals surface area contributed by atoms with Gasteiger partial charge in [-0.2, -0.15) is 0 Å². The number of hydrogen-bond donors (Lipinski definition) is 1. The van der Waals surface area contributed by atoms with E-state index >= 15 is 0 Å². The summed E-state index contributed by atoms with van der Waals surface area (Å²) in [5, 5.41) is 10.7. The number of pyridine rings is 1. The molecule has 0 radical (unpaired) electrons. The van der Waals surface area contributed by atoms with Crippen LogP contribution in [0.3, 0.4) is 0 Å². The van der Waals surface area contributed by atoms with E-state index in [1.165, 1.54) is 15.5 Å². The molecule has 3 heterocycles. The van der Waals surface area contributed by atoms with E-state index in [0.29, 0.717) is 47.1 Å². The smallest absolute Gasteiger partial charge is 0.407 e. The van der Waals surface area contributed by atoms with Crippen molar-refractivity contribution in [3.63, 3.8) is 0 Å². The van der Waals surface area contributed by atoms with Gasteiger partial charge in [-0.3, -0.25) is 9.36 Å². The van der Waals surface area contributed by atoms with Crippen molar-refractivity contribution >= 4 is 28.7 Å². The topological polar surface area (TPSA) is 84.9 Å². The molecule has 0 aliphatic carbocycles. The third-order valence-electron chi connectivity index (χ3n) is 5.77. The fraction of sp³-hybridized carbons (Fsp3) is 0.167. The summed E-state index contributed by atoms with van der Waals surface area (Å²) in [6.07, 6.45) is 1.29. The minimum atomic E-state index is -0.940. The number of carboxylic acid groups (broad SMARTS) is 1. The number of ether oxygens (including phenoxy) is 1. The fourth-order valence-corrected chi connectivity index (χ4v) is 4.38. The number of hydrogen-bond acceptors (Lipinski definition) is 4. The molecule has 2 aromatic carbocycles. The first-order valence-electron chi connectivity index (χ1n) is 10.0. The molecule has 5 rings (SSSR count). The van der Waals surface area contributed by atoms with Crippen LogP contribution >= 0.6 is 11.6 Å². The Labute approximate surface area is 188 Å². The highest BCUT2D eigenvalue weighted by atomic mass is 35.5. The fourth-order valence-electron chi connectivity index (χ4n) is 4.10. The summed E-state index contributed by atoms with van der Waals surface area (Å²) in [5.74, 6) is 1.44. The molecule has 1 aliphatic heterocycles. The molecule has 2 aromatic heterocycles. The summed E-state index contributed by atoms with van der Waals surface area (Å²) in [6.45, 7) is 0.706. The molecule has 1 amide bonds. The number of halogens is 1. The van der Waals surface area contributed by atoms with E-state index in [0.717, 1.165) is 22.3 Å². The van der Waals surface area contributed by atoms with E-state index < -0.39 is 6.09 Å². The Morgan fingerprint density at radius 3 is 2.72 bits per heavy atom. The van der Waals surface area contributed by atoms with Gasteiger partial charge in [0.05, 0.1) is 24.4 Å². The zero-order chi connectivity index (χ0) is 22.4. The second-order valence-corrected chi connectivity index (χ2v) is 8.02. The molecule has 8 heteroatoms. The molecule has 32 heavy (non-hydrogen) atoms. The standard InChI is InChI=1S/C24H19ClN2O5/c1-31-16-3-5-17(20(25)12-16)14-6-9-27(23(28)10-14)15-2-4-18-19-13-26(24(29)30)8-7-21(19)32-22(18)11-15/h2-6,9-12H,7-8,13H2,1H3,(H,29,30). The Morgan fingerprint density at radius 1 is 1.16 bits per heavy atom. The lowest BCUT2D eigenvalue weighted by Gasteiger charge is -2.23. The van der Waals surface area contributed by atoms with Crippen molar-refractivity contribution in [2.75, 3.05) is 13.7 Å². The summed E-state index contributed by atoms with van der Waals surface area (Å²) in [7, 11) is 1.57. The van der Waals surface area contributed by atoms with Crippen LogP contribution in [0.1, 0.15) is 11.3 Å². The quantitative estimate of drug-likeness (QED) is 0.477. The van der Waals surface area contributed by atoms with E-state index in [2.05, 4.69) is 0 Å². The van der Waals surface area contributed by atoms with Crippen LogP contribution in [0, 0.1) is 0 Å². The molecule has 0 atom stereocenters. The van der Waals surface area contributed by atoms with Gasteiger partial charge in [0.1, 0.15) is 17.1 Å². The van der Waals surface area contributed by atoms with Gasteiger partial charge in [-0.25, -0.2) is 4.79 Å². The first kappa shape index (κ1) is 20.2. The minimum absolute atomic E-state index is 0.206. The number of amides is 1. The van der Waals surface area contributed by atoms with Gasteiger partial charge in [0.15, 0.2) is 0 Å². The molecule has 1 aliphatic rings. The molecule has 0 saturated heterocycles. The van der Waals surface area contributed by atoms with E-state index in [1.807, 2.05) is 24.3 Å². The highest BCUT2D eigenvalue weighted by Crippen LogP contribution is 2.33. The van der Waals surface area contributed by atoms with E-state index in [4.69, 9.17) is 20.8 Å². The number of methoxy groups -OCH3 is 1. The number of nitrogens with zero attached hydrogens (tertiary/aromatic N) is 2. The summed E-state index contributed by atoms with van der Waals surface area (Å²) in [5.41, 5.74) is 3.43. The average molecular weight is 451 g/mol. The molecule has 0 fully saturated rings. The zero-order valence-corrected chi connectivity index (χ0v) is 17.9. The Hall–Kier alpha value is -3.71. The van der Waals surface area contributed by atoms with Crippen molar-refractivity contribution in [3.05, 3.63) is 81.4 Å². The lowest BCUT2D eigenvalue weighted by atomic mass is 10.0. The third-order valence-corrected chi connectivity index (χ3v) is 6.09. The normalized spacial score (nSPS) is 13.2. The van der Waals surface area contributed by atoms with Crippen molar-refractivity contribution < 1.29 is 19.1 Å². The van der Waals surface area contributed by atoms with E-state index in [1.54, 1.807) is 31.5 Å². The van der Waals surface area contributed by atoms with Crippen molar-refractivity contribution in [3.8, 4) is 22.6 Å². The largest absolute Gasteiger partial charge is 0.497 e. The first-order chi connectivity index (χ1) is 15.4. The zero-order valence-electron chi connectivity index (χ0n) is 17.2. The Kier molecular flexibility index (Phi) is 4.90. The van der Waals surface area contributed by atoms with Gasteiger partial charge in [-0.05, 0) is 42.0 Å². The molecule has 1 N–H and O–H groups in total. The van der Waals surface area contributed by atoms with Crippen LogP contribution in [0.25, 0.3) is 27.8 Å². The Bertz CT molecular complexity index is 1420. The second-order valence-electron chi connectivity index (χ2n) is 7.61. The lowest BCUT2D eigenvalue weighted by molar-refractivity contribution is 0.138. The van der Waals surface area contributed by atoms with Crippen molar-refractivity contribution in [1.29, 1.82) is 0 Å². The number of furan rings is 1. The highest BCUT2D eigenvalue weighted by Gasteiger charge is 2.25. The maximum absolute atomic E-state index is 12.9. The third kappa shape index (κ3) is 3.40. The molecule has 7 nitrogen and oxygen atoms in total. The Morgan fingerprint density at radius 2 is 2.00 bits per heavy atom. The number of aromatic nitrogens is 1. The molecular formula is C24H19ClN2O5. The number of fused-ring (bicyclic) bond motifs is 3. The van der Waals surface area contributed by atoms with Crippen LogP contribution in [0.5, 0.6) is 5.75 Å². The molecule has 162 valence electrons. The molecular weight excluding hydrogens is 432 g/mol. The van der Waals surface area contributed by atoms with Crippen molar-refractivity contribution in [2.24, 2.45) is 0 Å². The van der Waals surface area contributed by atoms with Crippen LogP contribution < -0.4 is 10.3 Å². The number of benzene rings is 2. The van der Waals surface area contributed by atoms with Gasteiger partial charge in [-0.1, -0.05) is 11.6 Å². The molecule has 0 bridgehead atoms. The summed E-state index contributed by atoms with van der Waals surface area (Å²) in [6, 6.07) is 14.2. The van der Waals surface area contributed by atoms with Crippen LogP contribution in [-0.2, 0) is 13.0 Å². The molecule has 0 unspecified atom stereocenters. The summed E-state index contributed by atoms with van der Waals surface area (Å²) >= 11 is 6.36. The lowest BCUT2D eigenvalue weighted by Crippen LogP contribution is -2.34. The van der Waals surface area contributed by atoms with E-state index in [-0.39, 0.29) is 5.56 Å². The maximum Gasteiger partial charge on any atom is 0.407 e. The van der Waals surface area contributed by atoms with Gasteiger partial charge in [-0.15, -0.1) is 0 Å². The number of carbonyl (C=O) groups is 1. The minimum Gasteiger partial charge on any atom is -0.497 e. The van der Waals surface area contributed by atoms with Crippen LogP contribution in [0.4, 0.5) is 4.79 Å². The number of rotatable bonds is 3. The molecule has 4 aromatic rings. The van der Waals surface area contributed by atoms with Crippen LogP contribution in [0.15, 0.2) is 63.9 Å². The van der Waals surface area contributed by atoms with E-state index in [9.17, 15) is 14.7 Å². The summed E-state index contributed by atoms with van der Waals surface area (Å²) in [4.78, 5) is 25.6. The van der Waals surface area contributed by atoms with Crippen LogP contribution in [-0.4, -0.2) is 34.3 Å². The maximum atomic E-state index is 12.9. The van der Waals surface area contributed by atoms with Gasteiger partial charge < -0.3 is 19.2 Å².